The average Bonchev–Trinajstić information content (AvgIpc) is 2.56. The largest absolute Gasteiger partial charge is 0.435 e. The monoisotopic (exact) mass is 369 g/mol. The Labute approximate surface area is 148 Å². The number of carbonyl (C=O) groups excluding carboxylic acids is 1. The quantitative estimate of drug-likeness (QED) is 0.680. The summed E-state index contributed by atoms with van der Waals surface area (Å²) in [5, 5.41) is 2.85. The van der Waals surface area contributed by atoms with Crippen molar-refractivity contribution in [2.24, 2.45) is 0 Å². The maximum absolute atomic E-state index is 12.8. The van der Waals surface area contributed by atoms with Gasteiger partial charge in [-0.15, -0.1) is 11.8 Å². The molecule has 1 atom stereocenters. The molecule has 2 aromatic carbocycles. The van der Waals surface area contributed by atoms with Crippen LogP contribution < -0.4 is 10.1 Å². The van der Waals surface area contributed by atoms with E-state index in [0.717, 1.165) is 10.5 Å². The van der Waals surface area contributed by atoms with Crippen LogP contribution in [-0.2, 0) is 4.79 Å². The second kappa shape index (κ2) is 9.36. The summed E-state index contributed by atoms with van der Waals surface area (Å²) in [6, 6.07) is 12.0. The Balaban J connectivity index is 1.76. The normalized spacial score (nSPS) is 12.0. The van der Waals surface area contributed by atoms with E-state index in [1.165, 1.54) is 36.0 Å². The fourth-order valence-corrected chi connectivity index (χ4v) is 2.98. The molecule has 0 saturated carbocycles. The number of alkyl halides is 2. The molecule has 0 fully saturated rings. The Morgan fingerprint density at radius 3 is 2.36 bits per heavy atom. The number of ether oxygens (including phenoxy) is 1. The summed E-state index contributed by atoms with van der Waals surface area (Å²) in [5.74, 6) is 0.245. The van der Waals surface area contributed by atoms with Gasteiger partial charge in [-0.25, -0.2) is 4.39 Å². The molecule has 0 saturated heterocycles. The van der Waals surface area contributed by atoms with Gasteiger partial charge in [-0.2, -0.15) is 8.78 Å². The highest BCUT2D eigenvalue weighted by atomic mass is 32.2. The third kappa shape index (κ3) is 6.70. The van der Waals surface area contributed by atoms with Gasteiger partial charge in [0, 0.05) is 17.1 Å². The molecular weight excluding hydrogens is 351 g/mol. The molecule has 0 aliphatic heterocycles. The van der Waals surface area contributed by atoms with Crippen molar-refractivity contribution in [1.29, 1.82) is 0 Å². The van der Waals surface area contributed by atoms with Crippen LogP contribution >= 0.6 is 11.8 Å². The highest BCUT2D eigenvalue weighted by molar-refractivity contribution is 7.99. The molecule has 2 rings (SSSR count). The zero-order valence-corrected chi connectivity index (χ0v) is 14.4. The Kier molecular flexibility index (Phi) is 7.18. The Morgan fingerprint density at radius 1 is 1.12 bits per heavy atom. The maximum Gasteiger partial charge on any atom is 0.387 e. The standard InChI is InChI=1S/C18H18F3NO2S/c1-12(13-2-6-15(7-3-13)24-18(20)21)22-17(23)10-11-25-16-8-4-14(19)5-9-16/h2-9,12,18H,10-11H2,1H3,(H,22,23). The van der Waals surface area contributed by atoms with Crippen molar-refractivity contribution in [3.63, 3.8) is 0 Å². The van der Waals surface area contributed by atoms with Gasteiger partial charge in [0.05, 0.1) is 6.04 Å². The lowest BCUT2D eigenvalue weighted by molar-refractivity contribution is -0.121. The predicted octanol–water partition coefficient (Wildman–Crippen LogP) is 4.79. The lowest BCUT2D eigenvalue weighted by Crippen LogP contribution is -2.26. The van der Waals surface area contributed by atoms with E-state index in [9.17, 15) is 18.0 Å². The number of hydrogen-bond donors (Lipinski definition) is 1. The molecule has 0 radical (unpaired) electrons. The molecule has 0 aliphatic carbocycles. The van der Waals surface area contributed by atoms with Crippen molar-refractivity contribution in [2.75, 3.05) is 5.75 Å². The van der Waals surface area contributed by atoms with Gasteiger partial charge >= 0.3 is 6.61 Å². The molecule has 134 valence electrons. The van der Waals surface area contributed by atoms with Crippen molar-refractivity contribution in [1.82, 2.24) is 5.32 Å². The first-order chi connectivity index (χ1) is 11.9. The van der Waals surface area contributed by atoms with E-state index in [0.29, 0.717) is 12.2 Å². The zero-order chi connectivity index (χ0) is 18.2. The number of nitrogens with one attached hydrogen (secondary N) is 1. The summed E-state index contributed by atoms with van der Waals surface area (Å²) < 4.78 is 41.3. The van der Waals surface area contributed by atoms with Crippen LogP contribution in [0.15, 0.2) is 53.4 Å². The molecular formula is C18H18F3NO2S. The van der Waals surface area contributed by atoms with Crippen LogP contribution in [0.4, 0.5) is 13.2 Å². The number of carbonyl (C=O) groups is 1. The zero-order valence-electron chi connectivity index (χ0n) is 13.5. The molecule has 0 aliphatic rings. The van der Waals surface area contributed by atoms with Crippen LogP contribution in [0, 0.1) is 5.82 Å². The molecule has 0 spiro atoms. The third-order valence-corrected chi connectivity index (χ3v) is 4.41. The first kappa shape index (κ1) is 19.2. The van der Waals surface area contributed by atoms with E-state index in [2.05, 4.69) is 10.1 Å². The summed E-state index contributed by atoms with van der Waals surface area (Å²) in [4.78, 5) is 12.9. The van der Waals surface area contributed by atoms with Gasteiger partial charge in [-0.3, -0.25) is 4.79 Å². The van der Waals surface area contributed by atoms with Gasteiger partial charge < -0.3 is 10.1 Å². The fourth-order valence-electron chi connectivity index (χ4n) is 2.13. The number of hydrogen-bond acceptors (Lipinski definition) is 3. The summed E-state index contributed by atoms with van der Waals surface area (Å²) >= 11 is 1.47. The average molecular weight is 369 g/mol. The third-order valence-electron chi connectivity index (χ3n) is 3.39. The Morgan fingerprint density at radius 2 is 1.76 bits per heavy atom. The van der Waals surface area contributed by atoms with Crippen LogP contribution in [0.5, 0.6) is 5.75 Å². The number of amides is 1. The Hall–Kier alpha value is -2.15. The van der Waals surface area contributed by atoms with Crippen molar-refractivity contribution < 1.29 is 22.7 Å². The van der Waals surface area contributed by atoms with E-state index >= 15 is 0 Å². The van der Waals surface area contributed by atoms with E-state index in [-0.39, 0.29) is 23.5 Å². The lowest BCUT2D eigenvalue weighted by Gasteiger charge is -2.15. The number of halogens is 3. The molecule has 3 nitrogen and oxygen atoms in total. The topological polar surface area (TPSA) is 38.3 Å². The van der Waals surface area contributed by atoms with Gasteiger partial charge in [0.2, 0.25) is 5.91 Å². The molecule has 1 N–H and O–H groups in total. The minimum Gasteiger partial charge on any atom is -0.435 e. The molecule has 1 amide bonds. The van der Waals surface area contributed by atoms with Crippen LogP contribution in [0.25, 0.3) is 0 Å². The highest BCUT2D eigenvalue weighted by Gasteiger charge is 2.11. The molecule has 25 heavy (non-hydrogen) atoms. The maximum atomic E-state index is 12.8. The van der Waals surface area contributed by atoms with E-state index in [1.807, 2.05) is 6.92 Å². The summed E-state index contributed by atoms with van der Waals surface area (Å²) in [6.45, 7) is -1.05. The van der Waals surface area contributed by atoms with Gasteiger partial charge in [-0.05, 0) is 48.9 Å². The van der Waals surface area contributed by atoms with Crippen molar-refractivity contribution in [2.45, 2.75) is 30.9 Å². The predicted molar refractivity (Wildman–Crippen MR) is 91.4 cm³/mol. The van der Waals surface area contributed by atoms with Crippen LogP contribution in [-0.4, -0.2) is 18.3 Å². The summed E-state index contributed by atoms with van der Waals surface area (Å²) in [6.07, 6.45) is 0.318. The van der Waals surface area contributed by atoms with Crippen LogP contribution in [0.3, 0.4) is 0 Å². The van der Waals surface area contributed by atoms with Gasteiger partial charge in [0.15, 0.2) is 0 Å². The molecule has 1 unspecified atom stereocenters. The first-order valence-electron chi connectivity index (χ1n) is 7.66. The van der Waals surface area contributed by atoms with Gasteiger partial charge in [0.1, 0.15) is 11.6 Å². The molecule has 0 aromatic heterocycles. The second-order valence-corrected chi connectivity index (χ2v) is 6.46. The second-order valence-electron chi connectivity index (χ2n) is 5.29. The minimum atomic E-state index is -2.86. The number of benzene rings is 2. The van der Waals surface area contributed by atoms with E-state index < -0.39 is 6.61 Å². The van der Waals surface area contributed by atoms with Crippen LogP contribution in [0.1, 0.15) is 24.9 Å². The molecule has 0 bridgehead atoms. The highest BCUT2D eigenvalue weighted by Crippen LogP contribution is 2.21. The van der Waals surface area contributed by atoms with Gasteiger partial charge in [0.25, 0.3) is 0 Å². The molecule has 7 heteroatoms. The van der Waals surface area contributed by atoms with Crippen LogP contribution in [0.2, 0.25) is 0 Å². The summed E-state index contributed by atoms with van der Waals surface area (Å²) in [7, 11) is 0. The van der Waals surface area contributed by atoms with Crippen molar-refractivity contribution >= 4 is 17.7 Å². The molecule has 0 heterocycles. The number of rotatable bonds is 8. The number of thioether (sulfide) groups is 1. The van der Waals surface area contributed by atoms with Crippen molar-refractivity contribution in [3.8, 4) is 5.75 Å². The summed E-state index contributed by atoms with van der Waals surface area (Å²) in [5.41, 5.74) is 0.793. The van der Waals surface area contributed by atoms with Crippen molar-refractivity contribution in [3.05, 3.63) is 59.9 Å². The van der Waals surface area contributed by atoms with Gasteiger partial charge in [-0.1, -0.05) is 12.1 Å². The minimum absolute atomic E-state index is 0.0768. The first-order valence-corrected chi connectivity index (χ1v) is 8.65. The SMILES string of the molecule is CC(NC(=O)CCSc1ccc(F)cc1)c1ccc(OC(F)F)cc1. The smallest absolute Gasteiger partial charge is 0.387 e. The fraction of sp³-hybridized carbons (Fsp3) is 0.278. The lowest BCUT2D eigenvalue weighted by atomic mass is 10.1. The molecule has 2 aromatic rings. The van der Waals surface area contributed by atoms with E-state index in [1.54, 1.807) is 24.3 Å². The van der Waals surface area contributed by atoms with E-state index in [4.69, 9.17) is 0 Å². The Bertz CT molecular complexity index is 678.